The number of carbonyl (C=O) groups is 2. The van der Waals surface area contributed by atoms with Crippen LogP contribution in [0.1, 0.15) is 50.2 Å². The molecule has 1 saturated heterocycles. The van der Waals surface area contributed by atoms with Gasteiger partial charge in [-0.15, -0.1) is 0 Å². The lowest BCUT2D eigenvalue weighted by Gasteiger charge is -2.53. The van der Waals surface area contributed by atoms with Crippen molar-refractivity contribution in [3.05, 3.63) is 106 Å². The van der Waals surface area contributed by atoms with Crippen LogP contribution in [0.15, 0.2) is 72.8 Å². The number of nitrogens with zero attached hydrogens (tertiary/aromatic N) is 2. The molecule has 1 atom stereocenters. The first-order valence-corrected chi connectivity index (χ1v) is 11.1. The Kier molecular flexibility index (Phi) is 3.92. The van der Waals surface area contributed by atoms with Gasteiger partial charge in [0.05, 0.1) is 0 Å². The summed E-state index contributed by atoms with van der Waals surface area (Å²) in [7, 11) is 0. The SMILES string of the molecule is Cc1ccc(C23N(C(=O)c4ccc(F)cc4)CCN2C(=O)c2ccccc2C32CC2)cc1. The van der Waals surface area contributed by atoms with E-state index in [4.69, 9.17) is 0 Å². The van der Waals surface area contributed by atoms with Gasteiger partial charge in [0.25, 0.3) is 11.8 Å². The Morgan fingerprint density at radius 1 is 0.906 bits per heavy atom. The minimum atomic E-state index is -0.891. The molecule has 2 fully saturated rings. The van der Waals surface area contributed by atoms with Crippen LogP contribution >= 0.6 is 0 Å². The molecular weight excluding hydrogens is 403 g/mol. The summed E-state index contributed by atoms with van der Waals surface area (Å²) >= 11 is 0. The third kappa shape index (κ3) is 2.31. The van der Waals surface area contributed by atoms with Gasteiger partial charge in [-0.3, -0.25) is 9.59 Å². The van der Waals surface area contributed by atoms with Crippen LogP contribution in [0, 0.1) is 12.7 Å². The lowest BCUT2D eigenvalue weighted by atomic mass is 9.71. The third-order valence-electron chi connectivity index (χ3n) is 7.45. The van der Waals surface area contributed by atoms with Gasteiger partial charge in [-0.25, -0.2) is 4.39 Å². The maximum absolute atomic E-state index is 13.9. The molecule has 2 heterocycles. The zero-order chi connectivity index (χ0) is 22.1. The number of carbonyl (C=O) groups excluding carboxylic acids is 2. The molecular formula is C27H23FN2O2. The van der Waals surface area contributed by atoms with Crippen molar-refractivity contribution in [2.24, 2.45) is 0 Å². The summed E-state index contributed by atoms with van der Waals surface area (Å²) in [5, 5.41) is 0. The van der Waals surface area contributed by atoms with Crippen molar-refractivity contribution in [2.45, 2.75) is 30.8 Å². The summed E-state index contributed by atoms with van der Waals surface area (Å²) < 4.78 is 13.5. The van der Waals surface area contributed by atoms with Crippen LogP contribution in [0.3, 0.4) is 0 Å². The fourth-order valence-electron chi connectivity index (χ4n) is 5.97. The van der Waals surface area contributed by atoms with Crippen molar-refractivity contribution in [1.29, 1.82) is 0 Å². The molecule has 3 aromatic carbocycles. The van der Waals surface area contributed by atoms with Crippen LogP contribution in [-0.2, 0) is 11.1 Å². The third-order valence-corrected chi connectivity index (χ3v) is 7.45. The highest BCUT2D eigenvalue weighted by Gasteiger charge is 2.73. The standard InChI is InChI=1S/C27H23FN2O2/c1-18-6-10-20(11-7-18)27-26(14-15-26)23-5-3-2-4-22(23)25(32)30(27)17-16-29(27)24(31)19-8-12-21(28)13-9-19/h2-13H,14-17H2,1H3. The predicted molar refractivity (Wildman–Crippen MR) is 119 cm³/mol. The maximum atomic E-state index is 13.9. The van der Waals surface area contributed by atoms with Crippen molar-refractivity contribution < 1.29 is 14.0 Å². The minimum Gasteiger partial charge on any atom is -0.309 e. The Labute approximate surface area is 186 Å². The van der Waals surface area contributed by atoms with Crippen molar-refractivity contribution in [3.63, 3.8) is 0 Å². The summed E-state index contributed by atoms with van der Waals surface area (Å²) in [6, 6.07) is 21.7. The normalized spacial score (nSPS) is 22.6. The van der Waals surface area contributed by atoms with E-state index in [1.807, 2.05) is 53.1 Å². The average molecular weight is 426 g/mol. The van der Waals surface area contributed by atoms with Crippen molar-refractivity contribution >= 4 is 11.8 Å². The zero-order valence-electron chi connectivity index (χ0n) is 17.8. The fraction of sp³-hybridized carbons (Fsp3) is 0.259. The maximum Gasteiger partial charge on any atom is 0.256 e. The summed E-state index contributed by atoms with van der Waals surface area (Å²) in [6.45, 7) is 2.94. The number of amides is 2. The van der Waals surface area contributed by atoms with Crippen LogP contribution in [-0.4, -0.2) is 34.7 Å². The second kappa shape index (κ2) is 6.52. The van der Waals surface area contributed by atoms with E-state index < -0.39 is 5.66 Å². The van der Waals surface area contributed by atoms with E-state index in [0.717, 1.165) is 35.1 Å². The summed E-state index contributed by atoms with van der Waals surface area (Å²) in [5.74, 6) is -0.585. The molecule has 3 aliphatic rings. The Bertz CT molecular complexity index is 1250. The smallest absolute Gasteiger partial charge is 0.256 e. The highest BCUT2D eigenvalue weighted by Crippen LogP contribution is 2.67. The highest BCUT2D eigenvalue weighted by molar-refractivity contribution is 6.01. The van der Waals surface area contributed by atoms with E-state index in [-0.39, 0.29) is 23.0 Å². The van der Waals surface area contributed by atoms with Gasteiger partial charge < -0.3 is 9.80 Å². The molecule has 1 saturated carbocycles. The molecule has 5 heteroatoms. The molecule has 1 aliphatic carbocycles. The van der Waals surface area contributed by atoms with Crippen LogP contribution in [0.2, 0.25) is 0 Å². The number of aryl methyl sites for hydroxylation is 1. The second-order valence-electron chi connectivity index (χ2n) is 9.09. The van der Waals surface area contributed by atoms with Crippen LogP contribution in [0.25, 0.3) is 0 Å². The second-order valence-corrected chi connectivity index (χ2v) is 9.09. The van der Waals surface area contributed by atoms with Gasteiger partial charge in [0.15, 0.2) is 5.66 Å². The summed E-state index contributed by atoms with van der Waals surface area (Å²) in [4.78, 5) is 31.4. The number of benzene rings is 3. The van der Waals surface area contributed by atoms with E-state index in [0.29, 0.717) is 18.7 Å². The molecule has 0 radical (unpaired) electrons. The van der Waals surface area contributed by atoms with E-state index in [2.05, 4.69) is 12.1 Å². The lowest BCUT2D eigenvalue weighted by molar-refractivity contribution is -0.0164. The molecule has 3 aromatic rings. The van der Waals surface area contributed by atoms with Crippen LogP contribution < -0.4 is 0 Å². The van der Waals surface area contributed by atoms with Gasteiger partial charge in [-0.1, -0.05) is 48.0 Å². The van der Waals surface area contributed by atoms with Gasteiger partial charge in [0.1, 0.15) is 5.82 Å². The highest BCUT2D eigenvalue weighted by atomic mass is 19.1. The largest absolute Gasteiger partial charge is 0.309 e. The van der Waals surface area contributed by atoms with Crippen molar-refractivity contribution in [2.75, 3.05) is 13.1 Å². The van der Waals surface area contributed by atoms with Crippen LogP contribution in [0.4, 0.5) is 4.39 Å². The molecule has 1 spiro atoms. The number of halogens is 1. The number of fused-ring (bicyclic) bond motifs is 4. The van der Waals surface area contributed by atoms with Crippen molar-refractivity contribution in [1.82, 2.24) is 9.80 Å². The van der Waals surface area contributed by atoms with E-state index in [9.17, 15) is 14.0 Å². The Morgan fingerprint density at radius 2 is 1.59 bits per heavy atom. The molecule has 0 bridgehead atoms. The molecule has 32 heavy (non-hydrogen) atoms. The van der Waals surface area contributed by atoms with E-state index in [1.54, 1.807) is 0 Å². The number of hydrogen-bond acceptors (Lipinski definition) is 2. The minimum absolute atomic E-state index is 0.0342. The topological polar surface area (TPSA) is 40.6 Å². The van der Waals surface area contributed by atoms with Gasteiger partial charge in [-0.05, 0) is 61.2 Å². The fourth-order valence-corrected chi connectivity index (χ4v) is 5.97. The lowest BCUT2D eigenvalue weighted by Crippen LogP contribution is -2.64. The molecule has 0 N–H and O–H groups in total. The number of rotatable bonds is 2. The molecule has 1 unspecified atom stereocenters. The van der Waals surface area contributed by atoms with Gasteiger partial charge in [0.2, 0.25) is 0 Å². The van der Waals surface area contributed by atoms with Gasteiger partial charge in [0, 0.05) is 29.6 Å². The van der Waals surface area contributed by atoms with E-state index >= 15 is 0 Å². The monoisotopic (exact) mass is 426 g/mol. The molecule has 2 amide bonds. The first-order valence-electron chi connectivity index (χ1n) is 11.1. The first-order chi connectivity index (χ1) is 15.5. The van der Waals surface area contributed by atoms with Gasteiger partial charge >= 0.3 is 0 Å². The quantitative estimate of drug-likeness (QED) is 0.600. The molecule has 4 nitrogen and oxygen atoms in total. The molecule has 0 aromatic heterocycles. The van der Waals surface area contributed by atoms with Crippen molar-refractivity contribution in [3.8, 4) is 0 Å². The zero-order valence-corrected chi connectivity index (χ0v) is 17.8. The van der Waals surface area contributed by atoms with Gasteiger partial charge in [-0.2, -0.15) is 0 Å². The molecule has 2 aliphatic heterocycles. The van der Waals surface area contributed by atoms with Crippen LogP contribution in [0.5, 0.6) is 0 Å². The first kappa shape index (κ1) is 19.2. The summed E-state index contributed by atoms with van der Waals surface area (Å²) in [5.41, 5.74) is 3.04. The number of hydrogen-bond donors (Lipinski definition) is 0. The predicted octanol–water partition coefficient (Wildman–Crippen LogP) is 4.63. The molecule has 160 valence electrons. The Balaban J connectivity index is 1.61. The average Bonchev–Trinajstić information content (AvgIpc) is 3.51. The van der Waals surface area contributed by atoms with E-state index in [1.165, 1.54) is 24.3 Å². The Hall–Kier alpha value is -3.47. The summed E-state index contributed by atoms with van der Waals surface area (Å²) in [6.07, 6.45) is 1.80. The molecule has 6 rings (SSSR count). The Morgan fingerprint density at radius 3 is 2.28 bits per heavy atom.